The molecule has 5 heteroatoms. The molecule has 3 rings (SSSR count). The molecule has 3 nitrogen and oxygen atoms in total. The topological polar surface area (TPSA) is 30.7 Å². The van der Waals surface area contributed by atoms with Crippen molar-refractivity contribution in [3.63, 3.8) is 0 Å². The molecular formula is C18H23N3S2. The monoisotopic (exact) mass is 345 g/mol. The van der Waals surface area contributed by atoms with Crippen LogP contribution in [0.2, 0.25) is 0 Å². The summed E-state index contributed by atoms with van der Waals surface area (Å²) < 4.78 is 2.25. The number of hydrogen-bond donors (Lipinski definition) is 0. The Morgan fingerprint density at radius 3 is 2.78 bits per heavy atom. The molecule has 0 aliphatic heterocycles. The molecule has 1 aliphatic rings. The second-order valence-corrected chi connectivity index (χ2v) is 8.47. The minimum atomic E-state index is 0.533. The molecule has 1 atom stereocenters. The molecule has 0 spiro atoms. The Balaban J connectivity index is 1.53. The maximum Gasteiger partial charge on any atom is 0.191 e. The van der Waals surface area contributed by atoms with Gasteiger partial charge in [-0.3, -0.25) is 0 Å². The van der Waals surface area contributed by atoms with Crippen LogP contribution in [0.3, 0.4) is 0 Å². The first-order valence-corrected chi connectivity index (χ1v) is 10.0. The Hall–Kier alpha value is -1.20. The summed E-state index contributed by atoms with van der Waals surface area (Å²) in [6.07, 6.45) is 5.60. The minimum Gasteiger partial charge on any atom is -0.302 e. The van der Waals surface area contributed by atoms with E-state index in [0.29, 0.717) is 11.2 Å². The molecule has 0 saturated heterocycles. The predicted octanol–water partition coefficient (Wildman–Crippen LogP) is 5.00. The lowest BCUT2D eigenvalue weighted by molar-refractivity contribution is 0.679. The van der Waals surface area contributed by atoms with Gasteiger partial charge in [-0.25, -0.2) is 0 Å². The molecule has 1 saturated carbocycles. The third-order valence-electron chi connectivity index (χ3n) is 3.84. The van der Waals surface area contributed by atoms with Crippen LogP contribution in [0, 0.1) is 0 Å². The summed E-state index contributed by atoms with van der Waals surface area (Å²) in [5, 5.41) is 10.4. The first kappa shape index (κ1) is 16.7. The van der Waals surface area contributed by atoms with E-state index < -0.39 is 0 Å². The van der Waals surface area contributed by atoms with Crippen molar-refractivity contribution in [3.8, 4) is 0 Å². The number of thioether (sulfide) groups is 2. The zero-order valence-electron chi connectivity index (χ0n) is 13.5. The van der Waals surface area contributed by atoms with Crippen LogP contribution in [0.4, 0.5) is 0 Å². The molecule has 1 aromatic carbocycles. The van der Waals surface area contributed by atoms with Crippen LogP contribution in [-0.2, 0) is 6.54 Å². The van der Waals surface area contributed by atoms with Crippen molar-refractivity contribution in [2.24, 2.45) is 0 Å². The lowest BCUT2D eigenvalue weighted by Gasteiger charge is -2.12. The number of nitrogens with zero attached hydrogens (tertiary/aromatic N) is 3. The van der Waals surface area contributed by atoms with Crippen LogP contribution in [0.1, 0.15) is 37.9 Å². The quantitative estimate of drug-likeness (QED) is 0.472. The summed E-state index contributed by atoms with van der Waals surface area (Å²) in [7, 11) is 0. The van der Waals surface area contributed by atoms with Gasteiger partial charge in [0.1, 0.15) is 5.82 Å². The Bertz CT molecular complexity index is 635. The van der Waals surface area contributed by atoms with E-state index in [4.69, 9.17) is 0 Å². The van der Waals surface area contributed by atoms with Gasteiger partial charge in [-0.15, -0.1) is 28.5 Å². The van der Waals surface area contributed by atoms with Crippen molar-refractivity contribution in [2.75, 3.05) is 5.75 Å². The van der Waals surface area contributed by atoms with Crippen molar-refractivity contribution < 1.29 is 0 Å². The van der Waals surface area contributed by atoms with Gasteiger partial charge < -0.3 is 4.57 Å². The van der Waals surface area contributed by atoms with E-state index >= 15 is 0 Å². The van der Waals surface area contributed by atoms with Gasteiger partial charge in [0.05, 0.1) is 0 Å². The van der Waals surface area contributed by atoms with Gasteiger partial charge in [-0.05, 0) is 37.1 Å². The minimum absolute atomic E-state index is 0.533. The number of benzene rings is 1. The fourth-order valence-corrected chi connectivity index (χ4v) is 4.61. The fraction of sp³-hybridized carbons (Fsp3) is 0.444. The third kappa shape index (κ3) is 4.64. The van der Waals surface area contributed by atoms with E-state index in [9.17, 15) is 0 Å². The van der Waals surface area contributed by atoms with E-state index in [2.05, 4.69) is 58.6 Å². The molecule has 0 bridgehead atoms. The highest BCUT2D eigenvalue weighted by Crippen LogP contribution is 2.40. The molecule has 0 unspecified atom stereocenters. The first-order valence-electron chi connectivity index (χ1n) is 8.16. The van der Waals surface area contributed by atoms with E-state index in [1.165, 1.54) is 17.7 Å². The van der Waals surface area contributed by atoms with E-state index in [0.717, 1.165) is 29.7 Å². The molecular weight excluding hydrogens is 322 g/mol. The standard InChI is InChI=1S/C18H23N3S2/c1-3-12-21-17(15-9-10-15)19-20-18(21)23-14(2)11-13-22-16-7-5-4-6-8-16/h3-8,14-15H,1,9-13H2,2H3/t14-/m1/s1. The normalized spacial score (nSPS) is 15.5. The molecule has 122 valence electrons. The maximum atomic E-state index is 4.42. The molecule has 1 aliphatic carbocycles. The van der Waals surface area contributed by atoms with Crippen molar-refractivity contribution in [3.05, 3.63) is 48.8 Å². The summed E-state index contributed by atoms with van der Waals surface area (Å²) in [4.78, 5) is 1.34. The van der Waals surface area contributed by atoms with Crippen molar-refractivity contribution >= 4 is 23.5 Å². The van der Waals surface area contributed by atoms with E-state index in [1.54, 1.807) is 0 Å². The summed E-state index contributed by atoms with van der Waals surface area (Å²) in [5.74, 6) is 2.91. The molecule has 1 heterocycles. The van der Waals surface area contributed by atoms with Gasteiger partial charge in [-0.2, -0.15) is 0 Å². The van der Waals surface area contributed by atoms with E-state index in [1.807, 2.05) is 29.6 Å². The van der Waals surface area contributed by atoms with Crippen molar-refractivity contribution in [2.45, 2.75) is 54.0 Å². The maximum absolute atomic E-state index is 4.42. The first-order chi connectivity index (χ1) is 11.3. The highest BCUT2D eigenvalue weighted by atomic mass is 32.2. The second-order valence-electron chi connectivity index (χ2n) is 5.89. The second kappa shape index (κ2) is 8.06. The highest BCUT2D eigenvalue weighted by molar-refractivity contribution is 8.00. The lowest BCUT2D eigenvalue weighted by Crippen LogP contribution is -2.06. The number of aromatic nitrogens is 3. The SMILES string of the molecule is C=CCn1c(S[C@H](C)CCSc2ccccc2)nnc1C1CC1. The van der Waals surface area contributed by atoms with Crippen LogP contribution in [0.15, 0.2) is 53.0 Å². The molecule has 1 aromatic heterocycles. The number of rotatable bonds is 9. The van der Waals surface area contributed by atoms with Gasteiger partial charge >= 0.3 is 0 Å². The summed E-state index contributed by atoms with van der Waals surface area (Å²) in [6, 6.07) is 10.6. The van der Waals surface area contributed by atoms with Crippen LogP contribution in [-0.4, -0.2) is 25.8 Å². The zero-order chi connectivity index (χ0) is 16.1. The lowest BCUT2D eigenvalue weighted by atomic mass is 10.4. The zero-order valence-corrected chi connectivity index (χ0v) is 15.2. The Labute approximate surface area is 147 Å². The van der Waals surface area contributed by atoms with Gasteiger partial charge in [0.25, 0.3) is 0 Å². The van der Waals surface area contributed by atoms with Crippen molar-refractivity contribution in [1.29, 1.82) is 0 Å². The average Bonchev–Trinajstić information content (AvgIpc) is 3.33. The summed E-state index contributed by atoms with van der Waals surface area (Å²) >= 11 is 3.76. The van der Waals surface area contributed by atoms with Gasteiger partial charge in [0.15, 0.2) is 5.16 Å². The van der Waals surface area contributed by atoms with Gasteiger partial charge in [0, 0.05) is 22.6 Å². The smallest absolute Gasteiger partial charge is 0.191 e. The fourth-order valence-electron chi connectivity index (χ4n) is 2.43. The largest absolute Gasteiger partial charge is 0.302 e. The average molecular weight is 346 g/mol. The summed E-state index contributed by atoms with van der Waals surface area (Å²) in [5.41, 5.74) is 0. The summed E-state index contributed by atoms with van der Waals surface area (Å²) in [6.45, 7) is 6.96. The Kier molecular flexibility index (Phi) is 5.84. The van der Waals surface area contributed by atoms with E-state index in [-0.39, 0.29) is 0 Å². The van der Waals surface area contributed by atoms with Crippen LogP contribution in [0.25, 0.3) is 0 Å². The Morgan fingerprint density at radius 1 is 1.30 bits per heavy atom. The molecule has 23 heavy (non-hydrogen) atoms. The number of allylic oxidation sites excluding steroid dienone is 1. The van der Waals surface area contributed by atoms with Crippen LogP contribution >= 0.6 is 23.5 Å². The van der Waals surface area contributed by atoms with Crippen LogP contribution < -0.4 is 0 Å². The Morgan fingerprint density at radius 2 is 2.09 bits per heavy atom. The highest BCUT2D eigenvalue weighted by Gasteiger charge is 2.30. The predicted molar refractivity (Wildman–Crippen MR) is 99.3 cm³/mol. The van der Waals surface area contributed by atoms with Gasteiger partial charge in [-0.1, -0.05) is 43.0 Å². The third-order valence-corrected chi connectivity index (χ3v) is 6.04. The molecule has 0 N–H and O–H groups in total. The molecule has 1 fully saturated rings. The van der Waals surface area contributed by atoms with Crippen LogP contribution in [0.5, 0.6) is 0 Å². The molecule has 0 amide bonds. The number of hydrogen-bond acceptors (Lipinski definition) is 4. The molecule has 0 radical (unpaired) electrons. The van der Waals surface area contributed by atoms with Gasteiger partial charge in [0.2, 0.25) is 0 Å². The molecule has 2 aromatic rings. The van der Waals surface area contributed by atoms with Crippen molar-refractivity contribution in [1.82, 2.24) is 14.8 Å².